The summed E-state index contributed by atoms with van der Waals surface area (Å²) in [6.45, 7) is 13.7. The third-order valence-corrected chi connectivity index (χ3v) is 20.0. The highest BCUT2D eigenvalue weighted by Crippen LogP contribution is 2.75. The van der Waals surface area contributed by atoms with E-state index in [1.807, 2.05) is 0 Å². The maximum atomic E-state index is 6.99. The van der Waals surface area contributed by atoms with E-state index in [4.69, 9.17) is 8.83 Å². The molecule has 14 aromatic rings. The van der Waals surface area contributed by atoms with Crippen LogP contribution in [-0.2, 0) is 21.7 Å². The van der Waals surface area contributed by atoms with Crippen LogP contribution < -0.4 is 9.80 Å². The van der Waals surface area contributed by atoms with Gasteiger partial charge in [-0.15, -0.1) is 0 Å². The van der Waals surface area contributed by atoms with Gasteiger partial charge in [0, 0.05) is 44.3 Å². The molecule has 0 saturated heterocycles. The van der Waals surface area contributed by atoms with Crippen LogP contribution in [0.4, 0.5) is 34.1 Å². The van der Waals surface area contributed by atoms with Gasteiger partial charge in [-0.3, -0.25) is 0 Å². The topological polar surface area (TPSA) is 32.8 Å². The number of para-hydroxylation sites is 4. The van der Waals surface area contributed by atoms with Gasteiger partial charge in [0.15, 0.2) is 11.2 Å². The molecule has 0 saturated carbocycles. The Labute approximate surface area is 512 Å². The van der Waals surface area contributed by atoms with Crippen LogP contribution in [-0.4, -0.2) is 0 Å². The van der Waals surface area contributed by atoms with Crippen molar-refractivity contribution in [1.82, 2.24) is 0 Å². The molecule has 0 unspecified atom stereocenters. The Hall–Kier alpha value is -10.4. The lowest BCUT2D eigenvalue weighted by Gasteiger charge is -2.36. The van der Waals surface area contributed by atoms with Gasteiger partial charge in [-0.05, 0) is 173 Å². The second-order valence-electron chi connectivity index (χ2n) is 26.7. The standard InChI is InChI=1S/C84H62N2O2/c1-81(2,3)51-37-41-53(42-38-51)85(73-33-19-27-63-61-25-11-17-35-75(61)87-79(63)73)55-45-47-71-65(49-55)77-78(83(71)67-29-13-7-21-57(67)58-22-8-14-30-68(58)83)66-50-56(46-48-72(66)84(77)69-31-15-9-23-59(69)60-24-10-16-32-70(60)84)86(54-43-39-52(40-44-54)82(4,5)6)74-34-20-28-64-62-26-12-18-36-76(62)88-80(64)74/h7-50H,1-6H3. The zero-order chi connectivity index (χ0) is 59.0. The highest BCUT2D eigenvalue weighted by molar-refractivity contribution is 6.21. The van der Waals surface area contributed by atoms with E-state index >= 15 is 0 Å². The SMILES string of the molecule is CC(C)(C)c1ccc(N(c2ccc3c(c2)C2=C(c4cc(N(c5ccc(C(C)(C)C)cc5)c5cccc6c5oc5ccccc56)ccc4C24c2ccccc2-c2ccccc24)C32c3ccccc3-c3ccccc32)c2cccc3c2oc2ccccc23)cc1. The zero-order valence-electron chi connectivity index (χ0n) is 50.1. The van der Waals surface area contributed by atoms with E-state index in [9.17, 15) is 0 Å². The van der Waals surface area contributed by atoms with Crippen LogP contribution >= 0.6 is 0 Å². The molecule has 4 heteroatoms. The normalized spacial score (nSPS) is 14.6. The molecule has 0 bridgehead atoms. The van der Waals surface area contributed by atoms with Crippen molar-refractivity contribution < 1.29 is 8.83 Å². The van der Waals surface area contributed by atoms with Gasteiger partial charge < -0.3 is 18.6 Å². The predicted molar refractivity (Wildman–Crippen MR) is 365 cm³/mol. The Kier molecular flexibility index (Phi) is 10.4. The number of benzene rings is 12. The van der Waals surface area contributed by atoms with Gasteiger partial charge in [-0.25, -0.2) is 0 Å². The Morgan fingerprint density at radius 1 is 0.273 bits per heavy atom. The number of rotatable bonds is 6. The van der Waals surface area contributed by atoms with Crippen LogP contribution in [0.3, 0.4) is 0 Å². The molecule has 0 aliphatic heterocycles. The van der Waals surface area contributed by atoms with Crippen molar-refractivity contribution in [3.63, 3.8) is 0 Å². The first-order chi connectivity index (χ1) is 42.9. The van der Waals surface area contributed by atoms with Crippen molar-refractivity contribution in [3.8, 4) is 22.3 Å². The van der Waals surface area contributed by atoms with Crippen molar-refractivity contribution in [3.05, 3.63) is 323 Å². The van der Waals surface area contributed by atoms with Crippen LogP contribution in [0.15, 0.2) is 276 Å². The van der Waals surface area contributed by atoms with E-state index in [1.54, 1.807) is 0 Å². The van der Waals surface area contributed by atoms with Crippen molar-refractivity contribution >= 4 is 89.1 Å². The lowest BCUT2D eigenvalue weighted by Crippen LogP contribution is -2.28. The second-order valence-corrected chi connectivity index (χ2v) is 26.7. The van der Waals surface area contributed by atoms with Crippen molar-refractivity contribution in [2.24, 2.45) is 0 Å². The van der Waals surface area contributed by atoms with Crippen LogP contribution in [0.5, 0.6) is 0 Å². The monoisotopic (exact) mass is 1130 g/mol. The molecular formula is C84H62N2O2. The summed E-state index contributed by atoms with van der Waals surface area (Å²) in [6, 6.07) is 100. The second kappa shape index (κ2) is 18.1. The number of fused-ring (bicyclic) bond motifs is 24. The molecule has 18 rings (SSSR count). The Balaban J connectivity index is 0.972. The number of allylic oxidation sites excluding steroid dienone is 2. The fraction of sp³-hybridized carbons (Fsp3) is 0.119. The molecule has 420 valence electrons. The van der Waals surface area contributed by atoms with E-state index in [0.717, 1.165) is 78.0 Å². The molecule has 0 fully saturated rings. The fourth-order valence-electron chi connectivity index (χ4n) is 16.2. The number of nitrogens with zero attached hydrogens (tertiary/aromatic N) is 2. The molecule has 2 aromatic heterocycles. The Morgan fingerprint density at radius 2 is 0.580 bits per heavy atom. The smallest absolute Gasteiger partial charge is 0.159 e. The van der Waals surface area contributed by atoms with E-state index in [1.165, 1.54) is 89.0 Å². The molecule has 4 nitrogen and oxygen atoms in total. The molecule has 2 spiro atoms. The lowest BCUT2D eigenvalue weighted by atomic mass is 9.66. The fourth-order valence-corrected chi connectivity index (χ4v) is 16.2. The first kappa shape index (κ1) is 50.9. The molecule has 88 heavy (non-hydrogen) atoms. The molecule has 4 aliphatic carbocycles. The number of hydrogen-bond donors (Lipinski definition) is 0. The lowest BCUT2D eigenvalue weighted by molar-refractivity contribution is 0.590. The first-order valence-corrected chi connectivity index (χ1v) is 31.0. The minimum absolute atomic E-state index is 0.0328. The van der Waals surface area contributed by atoms with E-state index in [0.29, 0.717) is 0 Å². The van der Waals surface area contributed by atoms with Crippen LogP contribution in [0.25, 0.3) is 77.3 Å². The van der Waals surface area contributed by atoms with E-state index in [2.05, 4.69) is 318 Å². The van der Waals surface area contributed by atoms with Gasteiger partial charge in [-0.2, -0.15) is 0 Å². The number of furan rings is 2. The summed E-state index contributed by atoms with van der Waals surface area (Å²) in [4.78, 5) is 4.90. The summed E-state index contributed by atoms with van der Waals surface area (Å²) in [5.41, 5.74) is 28.6. The van der Waals surface area contributed by atoms with Crippen LogP contribution in [0.2, 0.25) is 0 Å². The quantitative estimate of drug-likeness (QED) is 0.166. The maximum absolute atomic E-state index is 6.99. The molecule has 12 aromatic carbocycles. The molecular weight excluding hydrogens is 1070 g/mol. The molecule has 4 aliphatic rings. The van der Waals surface area contributed by atoms with Crippen molar-refractivity contribution in [2.75, 3.05) is 9.80 Å². The molecule has 0 amide bonds. The van der Waals surface area contributed by atoms with Crippen LogP contribution in [0, 0.1) is 0 Å². The van der Waals surface area contributed by atoms with Gasteiger partial charge in [0.2, 0.25) is 0 Å². The molecule has 0 atom stereocenters. The van der Waals surface area contributed by atoms with Gasteiger partial charge in [0.1, 0.15) is 11.2 Å². The summed E-state index contributed by atoms with van der Waals surface area (Å²) in [5.74, 6) is 0. The zero-order valence-corrected chi connectivity index (χ0v) is 50.1. The van der Waals surface area contributed by atoms with Gasteiger partial charge in [-0.1, -0.05) is 236 Å². The van der Waals surface area contributed by atoms with Crippen molar-refractivity contribution in [2.45, 2.75) is 63.2 Å². The molecule has 2 heterocycles. The van der Waals surface area contributed by atoms with Gasteiger partial charge >= 0.3 is 0 Å². The molecule has 0 radical (unpaired) electrons. The highest BCUT2D eigenvalue weighted by Gasteiger charge is 2.63. The largest absolute Gasteiger partial charge is 0.454 e. The molecule has 0 N–H and O–H groups in total. The van der Waals surface area contributed by atoms with Gasteiger partial charge in [0.25, 0.3) is 0 Å². The van der Waals surface area contributed by atoms with Gasteiger partial charge in [0.05, 0.1) is 22.2 Å². The Bertz CT molecular complexity index is 4880. The summed E-state index contributed by atoms with van der Waals surface area (Å²) < 4.78 is 14.0. The highest BCUT2D eigenvalue weighted by atomic mass is 16.3. The Morgan fingerprint density at radius 3 is 0.943 bits per heavy atom. The number of anilines is 6. The van der Waals surface area contributed by atoms with Crippen molar-refractivity contribution in [1.29, 1.82) is 0 Å². The third kappa shape index (κ3) is 6.75. The van der Waals surface area contributed by atoms with E-state index in [-0.39, 0.29) is 10.8 Å². The first-order valence-electron chi connectivity index (χ1n) is 31.0. The minimum atomic E-state index is -0.727. The summed E-state index contributed by atoms with van der Waals surface area (Å²) in [6.07, 6.45) is 0. The average Bonchev–Trinajstić information content (AvgIpc) is 1.48. The summed E-state index contributed by atoms with van der Waals surface area (Å²) in [5, 5.41) is 4.38. The van der Waals surface area contributed by atoms with E-state index < -0.39 is 10.8 Å². The third-order valence-electron chi connectivity index (χ3n) is 20.0. The van der Waals surface area contributed by atoms with Crippen LogP contribution in [0.1, 0.15) is 97.2 Å². The summed E-state index contributed by atoms with van der Waals surface area (Å²) in [7, 11) is 0. The predicted octanol–water partition coefficient (Wildman–Crippen LogP) is 22.6. The minimum Gasteiger partial charge on any atom is -0.454 e. The maximum Gasteiger partial charge on any atom is 0.159 e. The number of hydrogen-bond acceptors (Lipinski definition) is 4. The summed E-state index contributed by atoms with van der Waals surface area (Å²) >= 11 is 0. The average molecular weight is 1130 g/mol.